The van der Waals surface area contributed by atoms with Crippen LogP contribution in [0.4, 0.5) is 6.01 Å². The molecule has 0 atom stereocenters. The highest BCUT2D eigenvalue weighted by Gasteiger charge is 2.17. The van der Waals surface area contributed by atoms with Gasteiger partial charge in [-0.2, -0.15) is 0 Å². The molecule has 3 rings (SSSR count). The number of rotatable bonds is 7. The first-order valence-corrected chi connectivity index (χ1v) is 10.4. The van der Waals surface area contributed by atoms with Crippen molar-refractivity contribution in [2.45, 2.75) is 31.6 Å². The number of carbonyl (C=O) groups excluding carboxylic acids is 1. The third-order valence-corrected chi connectivity index (χ3v) is 5.99. The molecule has 1 aromatic heterocycles. The minimum Gasteiger partial charge on any atom is -0.407 e. The zero-order valence-corrected chi connectivity index (χ0v) is 16.5. The first-order chi connectivity index (χ1) is 13.3. The van der Waals surface area contributed by atoms with Gasteiger partial charge in [-0.05, 0) is 37.1 Å². The lowest BCUT2D eigenvalue weighted by molar-refractivity contribution is -0.116. The van der Waals surface area contributed by atoms with Crippen molar-refractivity contribution < 1.29 is 17.6 Å². The highest BCUT2D eigenvalue weighted by atomic mass is 32.2. The van der Waals surface area contributed by atoms with Crippen LogP contribution < -0.4 is 5.32 Å². The predicted molar refractivity (Wildman–Crippen MR) is 105 cm³/mol. The van der Waals surface area contributed by atoms with E-state index in [1.165, 1.54) is 17.7 Å². The van der Waals surface area contributed by atoms with Crippen LogP contribution in [-0.4, -0.2) is 30.3 Å². The summed E-state index contributed by atoms with van der Waals surface area (Å²) in [7, 11) is -3.52. The summed E-state index contributed by atoms with van der Waals surface area (Å²) in [5.74, 6) is -0.424. The molecule has 0 radical (unpaired) electrons. The van der Waals surface area contributed by atoms with Gasteiger partial charge in [0.15, 0.2) is 9.84 Å². The van der Waals surface area contributed by atoms with Crippen LogP contribution in [-0.2, 0) is 21.1 Å². The first-order valence-electron chi connectivity index (χ1n) is 8.80. The molecule has 1 amide bonds. The number of carbonyl (C=O) groups is 1. The Bertz CT molecular complexity index is 1080. The van der Waals surface area contributed by atoms with Gasteiger partial charge in [-0.3, -0.25) is 10.1 Å². The molecule has 3 aromatic rings. The first kappa shape index (κ1) is 19.8. The summed E-state index contributed by atoms with van der Waals surface area (Å²) >= 11 is 0. The van der Waals surface area contributed by atoms with Crippen LogP contribution in [0, 0.1) is 13.8 Å². The zero-order chi connectivity index (χ0) is 20.1. The van der Waals surface area contributed by atoms with Crippen LogP contribution in [0.1, 0.15) is 29.0 Å². The van der Waals surface area contributed by atoms with Gasteiger partial charge in [0.2, 0.25) is 11.8 Å². The van der Waals surface area contributed by atoms with Crippen molar-refractivity contribution in [3.05, 3.63) is 71.1 Å². The average Bonchev–Trinajstić information content (AvgIpc) is 3.10. The number of aromatic nitrogens is 2. The van der Waals surface area contributed by atoms with Gasteiger partial charge >= 0.3 is 6.01 Å². The molecule has 146 valence electrons. The van der Waals surface area contributed by atoms with Gasteiger partial charge < -0.3 is 4.42 Å². The van der Waals surface area contributed by atoms with E-state index in [1.807, 2.05) is 26.0 Å². The van der Waals surface area contributed by atoms with E-state index in [-0.39, 0.29) is 23.1 Å². The highest BCUT2D eigenvalue weighted by Crippen LogP contribution is 2.16. The van der Waals surface area contributed by atoms with Crippen molar-refractivity contribution in [3.63, 3.8) is 0 Å². The molecule has 0 aliphatic rings. The van der Waals surface area contributed by atoms with E-state index in [4.69, 9.17) is 4.42 Å². The monoisotopic (exact) mass is 399 g/mol. The quantitative estimate of drug-likeness (QED) is 0.655. The predicted octanol–water partition coefficient (Wildman–Crippen LogP) is 3.08. The standard InChI is InChI=1S/C20H21N3O4S/c1-14-8-9-16(15(2)12-14)13-19-22-23-20(27-19)21-18(24)10-11-28(25,26)17-6-4-3-5-7-17/h3-9,12H,10-11,13H2,1-2H3,(H,21,23,24). The third kappa shape index (κ3) is 5.04. The topological polar surface area (TPSA) is 102 Å². The van der Waals surface area contributed by atoms with Crippen molar-refractivity contribution in [2.24, 2.45) is 0 Å². The molecule has 28 heavy (non-hydrogen) atoms. The fourth-order valence-electron chi connectivity index (χ4n) is 2.74. The minimum absolute atomic E-state index is 0.0399. The lowest BCUT2D eigenvalue weighted by atomic mass is 10.0. The van der Waals surface area contributed by atoms with Gasteiger partial charge in [-0.1, -0.05) is 47.1 Å². The maximum atomic E-state index is 12.2. The van der Waals surface area contributed by atoms with Crippen LogP contribution in [0.15, 0.2) is 57.8 Å². The number of nitrogens with zero attached hydrogens (tertiary/aromatic N) is 2. The van der Waals surface area contributed by atoms with Gasteiger partial charge in [-0.15, -0.1) is 5.10 Å². The molecular formula is C20H21N3O4S. The molecule has 0 aliphatic carbocycles. The van der Waals surface area contributed by atoms with Gasteiger partial charge in [0.25, 0.3) is 0 Å². The van der Waals surface area contributed by atoms with E-state index in [9.17, 15) is 13.2 Å². The zero-order valence-electron chi connectivity index (χ0n) is 15.7. The van der Waals surface area contributed by atoms with Crippen molar-refractivity contribution in [2.75, 3.05) is 11.1 Å². The van der Waals surface area contributed by atoms with E-state index >= 15 is 0 Å². The number of hydrogen-bond acceptors (Lipinski definition) is 6. The molecule has 2 aromatic carbocycles. The SMILES string of the molecule is Cc1ccc(Cc2nnc(NC(=O)CCS(=O)(=O)c3ccccc3)o2)c(C)c1. The van der Waals surface area contributed by atoms with E-state index in [0.29, 0.717) is 12.3 Å². The molecule has 7 nitrogen and oxygen atoms in total. The Balaban J connectivity index is 1.57. The van der Waals surface area contributed by atoms with Crippen LogP contribution in [0.25, 0.3) is 0 Å². The van der Waals surface area contributed by atoms with Gasteiger partial charge in [0.1, 0.15) is 0 Å². The van der Waals surface area contributed by atoms with Crippen LogP contribution in [0.2, 0.25) is 0 Å². The Labute approximate surface area is 163 Å². The number of aryl methyl sites for hydroxylation is 2. The van der Waals surface area contributed by atoms with Crippen LogP contribution in [0.5, 0.6) is 0 Å². The summed E-state index contributed by atoms with van der Waals surface area (Å²) in [6.45, 7) is 4.03. The molecule has 1 N–H and O–H groups in total. The number of nitrogens with one attached hydrogen (secondary N) is 1. The lowest BCUT2D eigenvalue weighted by Gasteiger charge is -2.04. The number of amides is 1. The summed E-state index contributed by atoms with van der Waals surface area (Å²) in [5.41, 5.74) is 3.35. The number of benzene rings is 2. The van der Waals surface area contributed by atoms with Crippen molar-refractivity contribution in [3.8, 4) is 0 Å². The summed E-state index contributed by atoms with van der Waals surface area (Å²) in [6.07, 6.45) is 0.253. The molecule has 0 aliphatic heterocycles. The smallest absolute Gasteiger partial charge is 0.322 e. The maximum absolute atomic E-state index is 12.2. The van der Waals surface area contributed by atoms with E-state index < -0.39 is 15.7 Å². The Morgan fingerprint density at radius 1 is 1.07 bits per heavy atom. The second kappa shape index (κ2) is 8.35. The number of hydrogen-bond donors (Lipinski definition) is 1. The van der Waals surface area contributed by atoms with Crippen molar-refractivity contribution in [1.82, 2.24) is 10.2 Å². The van der Waals surface area contributed by atoms with Gasteiger partial charge in [0, 0.05) is 6.42 Å². The molecule has 0 spiro atoms. The molecule has 0 unspecified atom stereocenters. The van der Waals surface area contributed by atoms with E-state index in [2.05, 4.69) is 21.6 Å². The van der Waals surface area contributed by atoms with E-state index in [1.54, 1.807) is 18.2 Å². The number of sulfone groups is 1. The van der Waals surface area contributed by atoms with Crippen molar-refractivity contribution >= 4 is 21.8 Å². The van der Waals surface area contributed by atoms with Gasteiger partial charge in [-0.25, -0.2) is 8.42 Å². The fourth-order valence-corrected chi connectivity index (χ4v) is 4.00. The Morgan fingerprint density at radius 2 is 1.82 bits per heavy atom. The molecule has 0 bridgehead atoms. The van der Waals surface area contributed by atoms with E-state index in [0.717, 1.165) is 11.1 Å². The van der Waals surface area contributed by atoms with Crippen molar-refractivity contribution in [1.29, 1.82) is 0 Å². The Kier molecular flexibility index (Phi) is 5.89. The molecule has 0 saturated heterocycles. The maximum Gasteiger partial charge on any atom is 0.322 e. The molecular weight excluding hydrogens is 378 g/mol. The number of anilines is 1. The fraction of sp³-hybridized carbons (Fsp3) is 0.250. The summed E-state index contributed by atoms with van der Waals surface area (Å²) < 4.78 is 29.9. The second-order valence-electron chi connectivity index (χ2n) is 6.54. The second-order valence-corrected chi connectivity index (χ2v) is 8.65. The largest absolute Gasteiger partial charge is 0.407 e. The molecule has 0 fully saturated rings. The normalized spacial score (nSPS) is 11.4. The minimum atomic E-state index is -3.52. The highest BCUT2D eigenvalue weighted by molar-refractivity contribution is 7.91. The summed E-state index contributed by atoms with van der Waals surface area (Å²) in [4.78, 5) is 12.2. The molecule has 0 saturated carbocycles. The Morgan fingerprint density at radius 3 is 2.54 bits per heavy atom. The molecule has 8 heteroatoms. The van der Waals surface area contributed by atoms with Gasteiger partial charge in [0.05, 0.1) is 17.1 Å². The lowest BCUT2D eigenvalue weighted by Crippen LogP contribution is -2.17. The molecule has 1 heterocycles. The summed E-state index contributed by atoms with van der Waals surface area (Å²) in [5, 5.41) is 10.2. The van der Waals surface area contributed by atoms with Crippen LogP contribution >= 0.6 is 0 Å². The summed E-state index contributed by atoms with van der Waals surface area (Å²) in [6, 6.07) is 14.1. The Hall–Kier alpha value is -3.00. The van der Waals surface area contributed by atoms with Crippen LogP contribution in [0.3, 0.4) is 0 Å². The average molecular weight is 399 g/mol. The third-order valence-electron chi connectivity index (χ3n) is 4.25.